The van der Waals surface area contributed by atoms with Gasteiger partial charge in [0.2, 0.25) is 5.95 Å². The van der Waals surface area contributed by atoms with Gasteiger partial charge in [-0.25, -0.2) is 14.2 Å². The fourth-order valence-corrected chi connectivity index (χ4v) is 1.83. The number of nitrogens with one attached hydrogen (secondary N) is 2. The molecule has 0 fully saturated rings. The van der Waals surface area contributed by atoms with Crippen molar-refractivity contribution < 1.29 is 9.18 Å². The highest BCUT2D eigenvalue weighted by Gasteiger charge is 2.13. The van der Waals surface area contributed by atoms with Gasteiger partial charge in [0, 0.05) is 33.9 Å². The van der Waals surface area contributed by atoms with E-state index in [2.05, 4.69) is 20.6 Å². The Hall–Kier alpha value is -2.90. The zero-order valence-electron chi connectivity index (χ0n) is 13.5. The van der Waals surface area contributed by atoms with Crippen LogP contribution in [0, 0.1) is 5.82 Å². The molecule has 1 aromatic carbocycles. The molecule has 122 valence electrons. The van der Waals surface area contributed by atoms with E-state index in [1.807, 2.05) is 28.2 Å². The number of benzene rings is 1. The van der Waals surface area contributed by atoms with Gasteiger partial charge in [-0.2, -0.15) is 4.98 Å². The van der Waals surface area contributed by atoms with Gasteiger partial charge in [0.25, 0.3) is 0 Å². The molecule has 0 radical (unpaired) electrons. The normalized spacial score (nSPS) is 10.1. The molecule has 0 aliphatic heterocycles. The van der Waals surface area contributed by atoms with E-state index < -0.39 is 6.03 Å². The highest BCUT2D eigenvalue weighted by atomic mass is 19.1. The summed E-state index contributed by atoms with van der Waals surface area (Å²) in [6, 6.07) is 5.05. The van der Waals surface area contributed by atoms with Gasteiger partial charge in [-0.3, -0.25) is 0 Å². The summed E-state index contributed by atoms with van der Waals surface area (Å²) in [6.45, 7) is 0. The second-order valence-corrected chi connectivity index (χ2v) is 5.28. The van der Waals surface area contributed by atoms with E-state index in [0.717, 1.165) is 0 Å². The average molecular weight is 318 g/mol. The number of hydrogen-bond acceptors (Lipinski definition) is 5. The van der Waals surface area contributed by atoms with Crippen molar-refractivity contribution >= 4 is 29.2 Å². The van der Waals surface area contributed by atoms with Crippen LogP contribution in [0.15, 0.2) is 30.5 Å². The molecular formula is C15H19FN6O. The van der Waals surface area contributed by atoms with Crippen LogP contribution in [-0.2, 0) is 0 Å². The largest absolute Gasteiger partial charge is 0.361 e. The summed E-state index contributed by atoms with van der Waals surface area (Å²) in [6.07, 6.45) is 1.54. The number of amides is 2. The highest BCUT2D eigenvalue weighted by molar-refractivity contribution is 6.01. The van der Waals surface area contributed by atoms with Crippen molar-refractivity contribution in [2.24, 2.45) is 0 Å². The Labute approximate surface area is 134 Å². The number of rotatable bonds is 4. The molecule has 2 aromatic rings. The third kappa shape index (κ3) is 4.29. The first-order valence-electron chi connectivity index (χ1n) is 6.92. The van der Waals surface area contributed by atoms with Crippen molar-refractivity contribution in [2.75, 3.05) is 48.6 Å². The second-order valence-electron chi connectivity index (χ2n) is 5.28. The maximum Gasteiger partial charge on any atom is 0.323 e. The molecule has 2 amide bonds. The number of hydrogen-bond donors (Lipinski definition) is 2. The summed E-state index contributed by atoms with van der Waals surface area (Å²) in [7, 11) is 7.32. The number of aromatic nitrogens is 2. The zero-order valence-corrected chi connectivity index (χ0v) is 13.5. The Morgan fingerprint density at radius 3 is 2.26 bits per heavy atom. The second kappa shape index (κ2) is 6.91. The maximum atomic E-state index is 12.9. The molecule has 0 saturated heterocycles. The monoisotopic (exact) mass is 318 g/mol. The van der Waals surface area contributed by atoms with E-state index >= 15 is 0 Å². The van der Waals surface area contributed by atoms with Gasteiger partial charge in [0.05, 0.1) is 6.20 Å². The number of nitrogens with zero attached hydrogens (tertiary/aromatic N) is 4. The molecule has 8 heteroatoms. The number of carbonyl (C=O) groups excluding carboxylic acids is 1. The Morgan fingerprint density at radius 2 is 1.70 bits per heavy atom. The van der Waals surface area contributed by atoms with Gasteiger partial charge in [-0.1, -0.05) is 0 Å². The lowest BCUT2D eigenvalue weighted by Gasteiger charge is -2.19. The van der Waals surface area contributed by atoms with Crippen molar-refractivity contribution in [3.8, 4) is 0 Å². The van der Waals surface area contributed by atoms with Crippen LogP contribution in [0.2, 0.25) is 0 Å². The third-order valence-corrected chi connectivity index (χ3v) is 2.93. The van der Waals surface area contributed by atoms with Crippen molar-refractivity contribution in [3.63, 3.8) is 0 Å². The molecule has 2 rings (SSSR count). The number of urea groups is 1. The van der Waals surface area contributed by atoms with Crippen LogP contribution < -0.4 is 20.4 Å². The standard InChI is InChI=1S/C15H19FN6O/c1-21(2)13-12(9-17-14(20-13)22(3)4)19-15(23)18-11-7-5-10(16)6-8-11/h5-9H,1-4H3,(H2,18,19,23). The lowest BCUT2D eigenvalue weighted by Crippen LogP contribution is -2.23. The van der Waals surface area contributed by atoms with Crippen LogP contribution in [-0.4, -0.2) is 44.2 Å². The molecule has 0 saturated carbocycles. The Morgan fingerprint density at radius 1 is 1.04 bits per heavy atom. The molecule has 1 aromatic heterocycles. The molecule has 1 heterocycles. The minimum atomic E-state index is -0.457. The third-order valence-electron chi connectivity index (χ3n) is 2.93. The first kappa shape index (κ1) is 16.5. The van der Waals surface area contributed by atoms with Crippen molar-refractivity contribution in [2.45, 2.75) is 0 Å². The molecule has 0 aliphatic carbocycles. The topological polar surface area (TPSA) is 73.4 Å². The Balaban J connectivity index is 2.15. The molecule has 2 N–H and O–H groups in total. The van der Waals surface area contributed by atoms with Crippen LogP contribution in [0.1, 0.15) is 0 Å². The van der Waals surface area contributed by atoms with Crippen molar-refractivity contribution in [3.05, 3.63) is 36.3 Å². The van der Waals surface area contributed by atoms with Crippen molar-refractivity contribution in [1.82, 2.24) is 9.97 Å². The Kier molecular flexibility index (Phi) is 4.95. The van der Waals surface area contributed by atoms with Crippen LogP contribution >= 0.6 is 0 Å². The summed E-state index contributed by atoms with van der Waals surface area (Å²) < 4.78 is 12.9. The molecule has 23 heavy (non-hydrogen) atoms. The summed E-state index contributed by atoms with van der Waals surface area (Å²) in [5, 5.41) is 5.31. The minimum Gasteiger partial charge on any atom is -0.361 e. The van der Waals surface area contributed by atoms with Gasteiger partial charge in [-0.05, 0) is 24.3 Å². The number of anilines is 4. The van der Waals surface area contributed by atoms with E-state index in [1.54, 1.807) is 16.0 Å². The van der Waals surface area contributed by atoms with Crippen LogP contribution in [0.3, 0.4) is 0 Å². The molecule has 0 spiro atoms. The quantitative estimate of drug-likeness (QED) is 0.905. The summed E-state index contributed by atoms with van der Waals surface area (Å²) in [5.74, 6) is 0.759. The van der Waals surface area contributed by atoms with E-state index in [1.165, 1.54) is 24.3 Å². The highest BCUT2D eigenvalue weighted by Crippen LogP contribution is 2.23. The molecule has 0 bridgehead atoms. The lowest BCUT2D eigenvalue weighted by atomic mass is 10.3. The summed E-state index contributed by atoms with van der Waals surface area (Å²) >= 11 is 0. The minimum absolute atomic E-state index is 0.362. The first-order chi connectivity index (χ1) is 10.9. The van der Waals surface area contributed by atoms with Crippen LogP contribution in [0.4, 0.5) is 32.3 Å². The number of halogens is 1. The molecular weight excluding hydrogens is 299 g/mol. The SMILES string of the molecule is CN(C)c1ncc(NC(=O)Nc2ccc(F)cc2)c(N(C)C)n1. The fourth-order valence-electron chi connectivity index (χ4n) is 1.83. The predicted octanol–water partition coefficient (Wildman–Crippen LogP) is 2.39. The summed E-state index contributed by atoms with van der Waals surface area (Å²) in [4.78, 5) is 24.2. The molecule has 0 atom stereocenters. The lowest BCUT2D eigenvalue weighted by molar-refractivity contribution is 0.262. The van der Waals surface area contributed by atoms with Gasteiger partial charge < -0.3 is 20.4 Å². The Bertz CT molecular complexity index is 687. The van der Waals surface area contributed by atoms with Gasteiger partial charge >= 0.3 is 6.03 Å². The predicted molar refractivity (Wildman–Crippen MR) is 89.7 cm³/mol. The first-order valence-corrected chi connectivity index (χ1v) is 6.92. The zero-order chi connectivity index (χ0) is 17.0. The smallest absolute Gasteiger partial charge is 0.323 e. The molecule has 0 aliphatic rings. The van der Waals surface area contributed by atoms with E-state index in [0.29, 0.717) is 23.1 Å². The molecule has 7 nitrogen and oxygen atoms in total. The summed E-state index contributed by atoms with van der Waals surface area (Å²) in [5.41, 5.74) is 0.960. The van der Waals surface area contributed by atoms with Crippen LogP contribution in [0.5, 0.6) is 0 Å². The van der Waals surface area contributed by atoms with Gasteiger partial charge in [0.1, 0.15) is 11.5 Å². The maximum absolute atomic E-state index is 12.9. The fraction of sp³-hybridized carbons (Fsp3) is 0.267. The average Bonchev–Trinajstić information content (AvgIpc) is 2.49. The van der Waals surface area contributed by atoms with E-state index in [9.17, 15) is 9.18 Å². The molecule has 0 unspecified atom stereocenters. The van der Waals surface area contributed by atoms with Gasteiger partial charge in [-0.15, -0.1) is 0 Å². The van der Waals surface area contributed by atoms with E-state index in [-0.39, 0.29) is 5.82 Å². The van der Waals surface area contributed by atoms with E-state index in [4.69, 9.17) is 0 Å². The van der Waals surface area contributed by atoms with Crippen molar-refractivity contribution in [1.29, 1.82) is 0 Å². The van der Waals surface area contributed by atoms with Gasteiger partial charge in [0.15, 0.2) is 5.82 Å². The number of carbonyl (C=O) groups is 1. The van der Waals surface area contributed by atoms with Crippen LogP contribution in [0.25, 0.3) is 0 Å².